The Hall–Kier alpha value is -1.04. The average Bonchev–Trinajstić information content (AvgIpc) is 2.36. The summed E-state index contributed by atoms with van der Waals surface area (Å²) in [7, 11) is 1.63. The highest BCUT2D eigenvalue weighted by Crippen LogP contribution is 2.29. The maximum absolute atomic E-state index is 12.4. The molecule has 6 heteroatoms. The molecule has 0 atom stereocenters. The number of rotatable bonds is 3. The van der Waals surface area contributed by atoms with E-state index >= 15 is 0 Å². The Kier molecular flexibility index (Phi) is 4.66. The van der Waals surface area contributed by atoms with Crippen molar-refractivity contribution < 1.29 is 18.0 Å². The van der Waals surface area contributed by atoms with E-state index in [1.165, 1.54) is 17.0 Å². The van der Waals surface area contributed by atoms with Gasteiger partial charge in [0.15, 0.2) is 0 Å². The van der Waals surface area contributed by atoms with Crippen LogP contribution in [-0.4, -0.2) is 28.7 Å². The predicted octanol–water partition coefficient (Wildman–Crippen LogP) is 3.95. The Balaban J connectivity index is 2.96. The zero-order valence-corrected chi connectivity index (χ0v) is 12.5. The van der Waals surface area contributed by atoms with Crippen LogP contribution < -0.4 is 0 Å². The quantitative estimate of drug-likeness (QED) is 0.764. The molecule has 0 N–H and O–H groups in total. The minimum Gasteiger partial charge on any atom is -0.336 e. The van der Waals surface area contributed by atoms with Crippen molar-refractivity contribution in [3.05, 3.63) is 35.4 Å². The van der Waals surface area contributed by atoms with Crippen molar-refractivity contribution in [3.8, 4) is 0 Å². The number of halogens is 4. The number of nitrogens with zero attached hydrogens (tertiary/aromatic N) is 1. The summed E-state index contributed by atoms with van der Waals surface area (Å²) in [6, 6.07) is 4.24. The van der Waals surface area contributed by atoms with Crippen molar-refractivity contribution in [2.75, 3.05) is 12.4 Å². The molecule has 0 saturated heterocycles. The van der Waals surface area contributed by atoms with Crippen LogP contribution in [0.15, 0.2) is 24.3 Å². The second kappa shape index (κ2) is 5.53. The van der Waals surface area contributed by atoms with Crippen molar-refractivity contribution in [2.24, 2.45) is 0 Å². The Bertz CT molecular complexity index is 454. The number of carbonyl (C=O) groups is 1. The number of amides is 1. The van der Waals surface area contributed by atoms with Crippen LogP contribution in [0.25, 0.3) is 0 Å². The average molecular weight is 338 g/mol. The lowest BCUT2D eigenvalue weighted by Crippen LogP contribution is -2.46. The molecule has 1 amide bonds. The third-order valence-electron chi connectivity index (χ3n) is 3.00. The van der Waals surface area contributed by atoms with Gasteiger partial charge in [-0.1, -0.05) is 15.9 Å². The van der Waals surface area contributed by atoms with Crippen LogP contribution in [0.1, 0.15) is 29.8 Å². The van der Waals surface area contributed by atoms with Crippen LogP contribution >= 0.6 is 15.9 Å². The molecule has 2 nitrogen and oxygen atoms in total. The Morgan fingerprint density at radius 1 is 1.21 bits per heavy atom. The molecule has 0 saturated carbocycles. The zero-order valence-electron chi connectivity index (χ0n) is 10.9. The number of carbonyl (C=O) groups excluding carboxylic acids is 1. The monoisotopic (exact) mass is 337 g/mol. The molecular formula is C13H15BrF3NO. The van der Waals surface area contributed by atoms with Gasteiger partial charge in [0.2, 0.25) is 0 Å². The topological polar surface area (TPSA) is 20.3 Å². The van der Waals surface area contributed by atoms with Gasteiger partial charge in [0.1, 0.15) is 0 Å². The smallest absolute Gasteiger partial charge is 0.336 e. The molecule has 0 heterocycles. The largest absolute Gasteiger partial charge is 0.416 e. The van der Waals surface area contributed by atoms with E-state index in [1.54, 1.807) is 7.05 Å². The second-order valence-corrected chi connectivity index (χ2v) is 5.45. The fourth-order valence-corrected chi connectivity index (χ4v) is 1.74. The molecule has 0 bridgehead atoms. The lowest BCUT2D eigenvalue weighted by Gasteiger charge is -2.34. The molecule has 0 aromatic heterocycles. The molecule has 0 spiro atoms. The predicted molar refractivity (Wildman–Crippen MR) is 71.4 cm³/mol. The number of hydrogen-bond acceptors (Lipinski definition) is 1. The first-order valence-electron chi connectivity index (χ1n) is 5.61. The molecule has 1 aromatic rings. The summed E-state index contributed by atoms with van der Waals surface area (Å²) in [6.07, 6.45) is -4.39. The Morgan fingerprint density at radius 2 is 1.68 bits per heavy atom. The molecule has 106 valence electrons. The summed E-state index contributed by atoms with van der Waals surface area (Å²) in [5.41, 5.74) is -0.934. The Morgan fingerprint density at radius 3 is 2.05 bits per heavy atom. The molecule has 19 heavy (non-hydrogen) atoms. The van der Waals surface area contributed by atoms with Crippen LogP contribution in [0.2, 0.25) is 0 Å². The first kappa shape index (κ1) is 16.0. The summed E-state index contributed by atoms with van der Waals surface area (Å²) in [5, 5.41) is 0.572. The highest BCUT2D eigenvalue weighted by Gasteiger charge is 2.31. The van der Waals surface area contributed by atoms with E-state index in [0.717, 1.165) is 12.1 Å². The molecular weight excluding hydrogens is 323 g/mol. The molecule has 0 radical (unpaired) electrons. The van der Waals surface area contributed by atoms with Gasteiger partial charge in [-0.15, -0.1) is 0 Å². The number of benzene rings is 1. The summed E-state index contributed by atoms with van der Waals surface area (Å²) >= 11 is 3.31. The number of hydrogen-bond donors (Lipinski definition) is 0. The van der Waals surface area contributed by atoms with Crippen LogP contribution in [-0.2, 0) is 6.18 Å². The third kappa shape index (κ3) is 3.72. The summed E-state index contributed by atoms with van der Waals surface area (Å²) in [4.78, 5) is 13.6. The molecule has 1 rings (SSSR count). The minimum atomic E-state index is -4.39. The van der Waals surface area contributed by atoms with E-state index in [9.17, 15) is 18.0 Å². The molecule has 0 unspecified atom stereocenters. The van der Waals surface area contributed by atoms with Crippen LogP contribution in [0, 0.1) is 0 Å². The molecule has 0 fully saturated rings. The van der Waals surface area contributed by atoms with E-state index in [-0.39, 0.29) is 11.5 Å². The van der Waals surface area contributed by atoms with E-state index in [0.29, 0.717) is 5.33 Å². The first-order chi connectivity index (χ1) is 8.59. The van der Waals surface area contributed by atoms with Gasteiger partial charge in [-0.05, 0) is 38.1 Å². The first-order valence-corrected chi connectivity index (χ1v) is 6.73. The van der Waals surface area contributed by atoms with Crippen molar-refractivity contribution in [1.82, 2.24) is 4.90 Å². The van der Waals surface area contributed by atoms with E-state index in [4.69, 9.17) is 0 Å². The SMILES string of the molecule is CN(C(=O)c1ccc(C(F)(F)F)cc1)C(C)(C)CBr. The molecule has 0 aliphatic rings. The van der Waals surface area contributed by atoms with E-state index in [2.05, 4.69) is 15.9 Å². The highest BCUT2D eigenvalue weighted by molar-refractivity contribution is 9.09. The molecule has 0 aliphatic carbocycles. The van der Waals surface area contributed by atoms with Gasteiger partial charge >= 0.3 is 6.18 Å². The van der Waals surface area contributed by atoms with Crippen molar-refractivity contribution in [3.63, 3.8) is 0 Å². The fourth-order valence-electron chi connectivity index (χ4n) is 1.36. The van der Waals surface area contributed by atoms with Gasteiger partial charge in [-0.25, -0.2) is 0 Å². The van der Waals surface area contributed by atoms with Crippen LogP contribution in [0.5, 0.6) is 0 Å². The summed E-state index contributed by atoms with van der Waals surface area (Å²) < 4.78 is 37.3. The van der Waals surface area contributed by atoms with Gasteiger partial charge in [-0.3, -0.25) is 4.79 Å². The van der Waals surface area contributed by atoms with E-state index < -0.39 is 17.3 Å². The minimum absolute atomic E-state index is 0.240. The van der Waals surface area contributed by atoms with Gasteiger partial charge in [0.25, 0.3) is 5.91 Å². The van der Waals surface area contributed by atoms with E-state index in [1.807, 2.05) is 13.8 Å². The highest BCUT2D eigenvalue weighted by atomic mass is 79.9. The van der Waals surface area contributed by atoms with Crippen LogP contribution in [0.4, 0.5) is 13.2 Å². The molecule has 0 aliphatic heterocycles. The third-order valence-corrected chi connectivity index (χ3v) is 4.37. The van der Waals surface area contributed by atoms with Gasteiger partial charge < -0.3 is 4.90 Å². The van der Waals surface area contributed by atoms with Gasteiger partial charge in [-0.2, -0.15) is 13.2 Å². The maximum atomic E-state index is 12.4. The molecule has 1 aromatic carbocycles. The van der Waals surface area contributed by atoms with Crippen molar-refractivity contribution in [2.45, 2.75) is 25.6 Å². The van der Waals surface area contributed by atoms with Gasteiger partial charge in [0.05, 0.1) is 5.56 Å². The summed E-state index contributed by atoms with van der Waals surface area (Å²) in [5.74, 6) is -0.307. The van der Waals surface area contributed by atoms with Crippen molar-refractivity contribution in [1.29, 1.82) is 0 Å². The maximum Gasteiger partial charge on any atom is 0.416 e. The van der Waals surface area contributed by atoms with Crippen molar-refractivity contribution >= 4 is 21.8 Å². The standard InChI is InChI=1S/C13H15BrF3NO/c1-12(2,8-14)18(3)11(19)9-4-6-10(7-5-9)13(15,16)17/h4-7H,8H2,1-3H3. The fraction of sp³-hybridized carbons (Fsp3) is 0.462. The lowest BCUT2D eigenvalue weighted by atomic mass is 10.0. The van der Waals surface area contributed by atoms with Crippen LogP contribution in [0.3, 0.4) is 0 Å². The lowest BCUT2D eigenvalue weighted by molar-refractivity contribution is -0.137. The summed E-state index contributed by atoms with van der Waals surface area (Å²) in [6.45, 7) is 3.73. The zero-order chi connectivity index (χ0) is 14.8. The normalized spacial score (nSPS) is 12.4. The van der Waals surface area contributed by atoms with Gasteiger partial charge in [0, 0.05) is 23.5 Å². The number of alkyl halides is 4. The Labute approximate surface area is 118 Å². The second-order valence-electron chi connectivity index (χ2n) is 4.89.